The topological polar surface area (TPSA) is 49.4 Å². The van der Waals surface area contributed by atoms with Gasteiger partial charge in [0.1, 0.15) is 0 Å². The average Bonchev–Trinajstić information content (AvgIpc) is 2.97. The summed E-state index contributed by atoms with van der Waals surface area (Å²) in [6.07, 6.45) is 3.25. The zero-order valence-corrected chi connectivity index (χ0v) is 12.5. The fourth-order valence-electron chi connectivity index (χ4n) is 3.43. The number of amides is 2. The van der Waals surface area contributed by atoms with Gasteiger partial charge in [-0.2, -0.15) is 0 Å². The number of nitrogens with zero attached hydrogens (tertiary/aromatic N) is 1. The number of carbonyl (C=O) groups is 2. The molecule has 112 valence electrons. The summed E-state index contributed by atoms with van der Waals surface area (Å²) in [6, 6.07) is 8.65. The molecule has 1 aromatic carbocycles. The van der Waals surface area contributed by atoms with Gasteiger partial charge in [-0.15, -0.1) is 0 Å². The molecule has 2 saturated heterocycles. The smallest absolute Gasteiger partial charge is 0.227 e. The minimum atomic E-state index is -0.0480. The van der Waals surface area contributed by atoms with Crippen molar-refractivity contribution in [2.45, 2.75) is 38.6 Å². The van der Waals surface area contributed by atoms with Crippen molar-refractivity contribution >= 4 is 11.8 Å². The molecule has 2 aliphatic heterocycles. The van der Waals surface area contributed by atoms with Gasteiger partial charge < -0.3 is 10.2 Å². The number of likely N-dealkylation sites (tertiary alicyclic amines) is 1. The van der Waals surface area contributed by atoms with E-state index in [9.17, 15) is 9.59 Å². The Morgan fingerprint density at radius 3 is 2.90 bits per heavy atom. The Kier molecular flexibility index (Phi) is 3.95. The quantitative estimate of drug-likeness (QED) is 0.906. The Hall–Kier alpha value is -1.84. The number of hydrogen-bond acceptors (Lipinski definition) is 2. The lowest BCUT2D eigenvalue weighted by molar-refractivity contribution is -0.138. The molecule has 21 heavy (non-hydrogen) atoms. The Labute approximate surface area is 125 Å². The minimum Gasteiger partial charge on any atom is -0.355 e. The molecule has 2 aliphatic rings. The van der Waals surface area contributed by atoms with E-state index in [0.29, 0.717) is 19.4 Å². The van der Waals surface area contributed by atoms with Gasteiger partial charge in [0.25, 0.3) is 0 Å². The second-order valence-corrected chi connectivity index (χ2v) is 6.14. The molecule has 2 fully saturated rings. The zero-order chi connectivity index (χ0) is 14.8. The van der Waals surface area contributed by atoms with Crippen LogP contribution in [-0.4, -0.2) is 29.8 Å². The molecular weight excluding hydrogens is 264 g/mol. The monoisotopic (exact) mass is 286 g/mol. The van der Waals surface area contributed by atoms with Gasteiger partial charge in [0.2, 0.25) is 11.8 Å². The molecule has 0 aliphatic carbocycles. The van der Waals surface area contributed by atoms with Crippen LogP contribution >= 0.6 is 0 Å². The molecule has 4 heteroatoms. The van der Waals surface area contributed by atoms with Gasteiger partial charge in [-0.05, 0) is 31.7 Å². The summed E-state index contributed by atoms with van der Waals surface area (Å²) >= 11 is 0. The molecule has 3 rings (SSSR count). The highest BCUT2D eigenvalue weighted by Crippen LogP contribution is 2.34. The van der Waals surface area contributed by atoms with Crippen LogP contribution in [0.1, 0.15) is 42.9 Å². The standard InChI is InChI=1S/C17H22N2O2/c1-12-4-2-5-13(10-12)15-6-3-9-19(15)17(21)14-7-8-16(20)18-11-14/h2,4-5,10,14-15H,3,6-9,11H2,1H3,(H,18,20). The normalized spacial score (nSPS) is 25.8. The van der Waals surface area contributed by atoms with Crippen molar-refractivity contribution in [3.63, 3.8) is 0 Å². The van der Waals surface area contributed by atoms with Gasteiger partial charge in [-0.1, -0.05) is 29.8 Å². The van der Waals surface area contributed by atoms with Crippen molar-refractivity contribution in [2.75, 3.05) is 13.1 Å². The van der Waals surface area contributed by atoms with Crippen LogP contribution in [0.25, 0.3) is 0 Å². The van der Waals surface area contributed by atoms with Crippen molar-refractivity contribution in [2.24, 2.45) is 5.92 Å². The maximum Gasteiger partial charge on any atom is 0.227 e. The summed E-state index contributed by atoms with van der Waals surface area (Å²) in [4.78, 5) is 26.0. The lowest BCUT2D eigenvalue weighted by atomic mass is 9.96. The SMILES string of the molecule is Cc1cccc(C2CCCN2C(=O)C2CCC(=O)NC2)c1. The number of carbonyl (C=O) groups excluding carboxylic acids is 2. The average molecular weight is 286 g/mol. The van der Waals surface area contributed by atoms with Crippen LogP contribution in [0, 0.1) is 12.8 Å². The van der Waals surface area contributed by atoms with Gasteiger partial charge in [-0.3, -0.25) is 9.59 Å². The van der Waals surface area contributed by atoms with Crippen LogP contribution in [0.3, 0.4) is 0 Å². The molecule has 0 saturated carbocycles. The molecule has 2 unspecified atom stereocenters. The van der Waals surface area contributed by atoms with Crippen molar-refractivity contribution in [1.29, 1.82) is 0 Å². The summed E-state index contributed by atoms with van der Waals surface area (Å²) in [5.74, 6) is 0.225. The first kappa shape index (κ1) is 14.1. The lowest BCUT2D eigenvalue weighted by Gasteiger charge is -2.31. The first-order chi connectivity index (χ1) is 10.1. The predicted molar refractivity (Wildman–Crippen MR) is 80.6 cm³/mol. The van der Waals surface area contributed by atoms with Crippen molar-refractivity contribution in [3.8, 4) is 0 Å². The fraction of sp³-hybridized carbons (Fsp3) is 0.529. The molecule has 1 aromatic rings. The maximum absolute atomic E-state index is 12.8. The summed E-state index contributed by atoms with van der Waals surface area (Å²) in [7, 11) is 0. The number of benzene rings is 1. The van der Waals surface area contributed by atoms with Gasteiger partial charge in [0, 0.05) is 19.5 Å². The van der Waals surface area contributed by atoms with Crippen LogP contribution in [0.5, 0.6) is 0 Å². The van der Waals surface area contributed by atoms with E-state index in [1.54, 1.807) is 0 Å². The third kappa shape index (κ3) is 2.94. The Bertz CT molecular complexity index is 545. The first-order valence-electron chi connectivity index (χ1n) is 7.79. The van der Waals surface area contributed by atoms with E-state index in [-0.39, 0.29) is 23.8 Å². The van der Waals surface area contributed by atoms with Crippen LogP contribution < -0.4 is 5.32 Å². The Morgan fingerprint density at radius 2 is 2.19 bits per heavy atom. The molecule has 2 amide bonds. The third-order valence-electron chi connectivity index (χ3n) is 4.58. The van der Waals surface area contributed by atoms with Crippen molar-refractivity contribution < 1.29 is 9.59 Å². The second kappa shape index (κ2) is 5.88. The van der Waals surface area contributed by atoms with E-state index in [2.05, 4.69) is 36.5 Å². The molecule has 2 heterocycles. The van der Waals surface area contributed by atoms with Crippen molar-refractivity contribution in [3.05, 3.63) is 35.4 Å². The van der Waals surface area contributed by atoms with Crippen molar-refractivity contribution in [1.82, 2.24) is 10.2 Å². The second-order valence-electron chi connectivity index (χ2n) is 6.14. The highest BCUT2D eigenvalue weighted by Gasteiger charge is 2.35. The summed E-state index contributed by atoms with van der Waals surface area (Å²) < 4.78 is 0. The van der Waals surface area contributed by atoms with Crippen LogP contribution in [0.4, 0.5) is 0 Å². The lowest BCUT2D eigenvalue weighted by Crippen LogP contribution is -2.44. The Balaban J connectivity index is 1.74. The number of nitrogens with one attached hydrogen (secondary N) is 1. The van der Waals surface area contributed by atoms with E-state index in [4.69, 9.17) is 0 Å². The van der Waals surface area contributed by atoms with Crippen LogP contribution in [0.2, 0.25) is 0 Å². The highest BCUT2D eigenvalue weighted by atomic mass is 16.2. The molecule has 4 nitrogen and oxygen atoms in total. The van der Waals surface area contributed by atoms with E-state index in [1.165, 1.54) is 11.1 Å². The molecule has 0 radical (unpaired) electrons. The highest BCUT2D eigenvalue weighted by molar-refractivity contribution is 5.84. The summed E-state index contributed by atoms with van der Waals surface area (Å²) in [5, 5.41) is 2.81. The van der Waals surface area contributed by atoms with E-state index < -0.39 is 0 Å². The molecule has 2 atom stereocenters. The molecule has 1 N–H and O–H groups in total. The number of rotatable bonds is 2. The molecular formula is C17H22N2O2. The van der Waals surface area contributed by atoms with Gasteiger partial charge in [0.15, 0.2) is 0 Å². The van der Waals surface area contributed by atoms with E-state index in [1.807, 2.05) is 4.90 Å². The fourth-order valence-corrected chi connectivity index (χ4v) is 3.43. The van der Waals surface area contributed by atoms with Crippen LogP contribution in [0.15, 0.2) is 24.3 Å². The van der Waals surface area contributed by atoms with Gasteiger partial charge >= 0.3 is 0 Å². The summed E-state index contributed by atoms with van der Waals surface area (Å²) in [6.45, 7) is 3.41. The van der Waals surface area contributed by atoms with Gasteiger partial charge in [0.05, 0.1) is 12.0 Å². The van der Waals surface area contributed by atoms with E-state index >= 15 is 0 Å². The number of aryl methyl sites for hydroxylation is 1. The third-order valence-corrected chi connectivity index (χ3v) is 4.58. The first-order valence-corrected chi connectivity index (χ1v) is 7.79. The molecule has 0 spiro atoms. The summed E-state index contributed by atoms with van der Waals surface area (Å²) in [5.41, 5.74) is 2.47. The Morgan fingerprint density at radius 1 is 1.33 bits per heavy atom. The minimum absolute atomic E-state index is 0.0480. The largest absolute Gasteiger partial charge is 0.355 e. The number of hydrogen-bond donors (Lipinski definition) is 1. The van der Waals surface area contributed by atoms with Gasteiger partial charge in [-0.25, -0.2) is 0 Å². The molecule has 0 aromatic heterocycles. The van der Waals surface area contributed by atoms with Crippen LogP contribution in [-0.2, 0) is 9.59 Å². The maximum atomic E-state index is 12.8. The molecule has 0 bridgehead atoms. The number of piperidine rings is 1. The zero-order valence-electron chi connectivity index (χ0n) is 12.5. The predicted octanol–water partition coefficient (Wildman–Crippen LogP) is 2.18. The van der Waals surface area contributed by atoms with E-state index in [0.717, 1.165) is 19.4 Å².